The number of imidazole rings is 1. The molecule has 37 heavy (non-hydrogen) atoms. The first kappa shape index (κ1) is 26.3. The van der Waals surface area contributed by atoms with Gasteiger partial charge in [0.1, 0.15) is 15.7 Å². The molecule has 0 aliphatic rings. The monoisotopic (exact) mass is 535 g/mol. The second-order valence-electron chi connectivity index (χ2n) is 8.40. The number of hydrogen-bond acceptors (Lipinski definition) is 6. The second kappa shape index (κ2) is 10.3. The van der Waals surface area contributed by atoms with Gasteiger partial charge < -0.3 is 14.5 Å². The minimum absolute atomic E-state index is 0.0299. The molecular formula is C25H24F3N3O5S. The predicted octanol–water partition coefficient (Wildman–Crippen LogP) is 4.47. The summed E-state index contributed by atoms with van der Waals surface area (Å²) in [7, 11) is -3.65. The molecule has 12 heteroatoms. The van der Waals surface area contributed by atoms with E-state index in [0.717, 1.165) is 6.26 Å². The van der Waals surface area contributed by atoms with Gasteiger partial charge in [-0.15, -0.1) is 0 Å². The number of nitrogens with zero attached hydrogens (tertiary/aromatic N) is 2. The fraction of sp³-hybridized carbons (Fsp3) is 0.280. The highest BCUT2D eigenvalue weighted by Gasteiger charge is 2.27. The molecule has 0 saturated carbocycles. The molecular weight excluding hydrogens is 511 g/mol. The number of pyridine rings is 1. The Morgan fingerprint density at radius 1 is 1.11 bits per heavy atom. The summed E-state index contributed by atoms with van der Waals surface area (Å²) in [5, 5.41) is 0. The van der Waals surface area contributed by atoms with Crippen LogP contribution < -0.4 is 15.2 Å². The van der Waals surface area contributed by atoms with Crippen LogP contribution in [0.25, 0.3) is 22.3 Å². The van der Waals surface area contributed by atoms with Crippen LogP contribution in [0, 0.1) is 12.7 Å². The minimum Gasteiger partial charge on any atom is -0.490 e. The number of ether oxygens (including phenoxy) is 2. The highest BCUT2D eigenvalue weighted by atomic mass is 32.2. The van der Waals surface area contributed by atoms with Gasteiger partial charge in [-0.1, -0.05) is 24.3 Å². The van der Waals surface area contributed by atoms with E-state index in [9.17, 15) is 26.4 Å². The van der Waals surface area contributed by atoms with Crippen molar-refractivity contribution in [3.63, 3.8) is 0 Å². The van der Waals surface area contributed by atoms with Gasteiger partial charge in [0.05, 0.1) is 23.9 Å². The molecule has 4 aromatic rings. The van der Waals surface area contributed by atoms with Gasteiger partial charge in [-0.3, -0.25) is 4.57 Å². The fourth-order valence-corrected chi connectivity index (χ4v) is 5.14. The van der Waals surface area contributed by atoms with Crippen molar-refractivity contribution in [3.8, 4) is 22.6 Å². The van der Waals surface area contributed by atoms with Crippen LogP contribution in [0.5, 0.6) is 11.5 Å². The standard InChI is InChI=1S/C25H24F3N3O5S/c1-4-35-21-11-15(9-10-20(21)36-24(27)28)19(13-37(3,33)34)31-23-22(30-25(31)32)14(2)17(12-29-23)16-7-5-6-8-18(16)26/h5-12,19,24H,4,13H2,1-3H3,(H,30,32)/t19-/m1/s1. The van der Waals surface area contributed by atoms with Crippen LogP contribution in [0.1, 0.15) is 24.1 Å². The molecule has 0 bridgehead atoms. The summed E-state index contributed by atoms with van der Waals surface area (Å²) in [5.41, 5.74) is 1.43. The maximum Gasteiger partial charge on any atom is 0.387 e. The van der Waals surface area contributed by atoms with Crippen LogP contribution in [-0.4, -0.2) is 48.2 Å². The third-order valence-corrected chi connectivity index (χ3v) is 6.72. The van der Waals surface area contributed by atoms with Gasteiger partial charge in [-0.05, 0) is 43.2 Å². The summed E-state index contributed by atoms with van der Waals surface area (Å²) in [6.07, 6.45) is 2.44. The molecule has 0 aliphatic carbocycles. The molecule has 0 spiro atoms. The van der Waals surface area contributed by atoms with Crippen molar-refractivity contribution in [3.05, 3.63) is 76.1 Å². The lowest BCUT2D eigenvalue weighted by Crippen LogP contribution is -2.28. The molecule has 0 saturated heterocycles. The van der Waals surface area contributed by atoms with E-state index in [1.54, 1.807) is 32.0 Å². The Morgan fingerprint density at radius 3 is 2.49 bits per heavy atom. The van der Waals surface area contributed by atoms with Crippen LogP contribution >= 0.6 is 0 Å². The maximum absolute atomic E-state index is 14.4. The lowest BCUT2D eigenvalue weighted by molar-refractivity contribution is -0.0514. The molecule has 0 aliphatic heterocycles. The van der Waals surface area contributed by atoms with Crippen molar-refractivity contribution in [2.75, 3.05) is 18.6 Å². The van der Waals surface area contributed by atoms with Crippen molar-refractivity contribution in [1.82, 2.24) is 14.5 Å². The number of H-pyrrole nitrogens is 1. The summed E-state index contributed by atoms with van der Waals surface area (Å²) in [6.45, 7) is 0.383. The molecule has 1 N–H and O–H groups in total. The number of nitrogens with one attached hydrogen (secondary N) is 1. The van der Waals surface area contributed by atoms with E-state index in [0.29, 0.717) is 27.8 Å². The van der Waals surface area contributed by atoms with Crippen LogP contribution in [0.4, 0.5) is 13.2 Å². The van der Waals surface area contributed by atoms with Gasteiger partial charge in [-0.2, -0.15) is 8.78 Å². The predicted molar refractivity (Wildman–Crippen MR) is 133 cm³/mol. The zero-order chi connectivity index (χ0) is 26.9. The van der Waals surface area contributed by atoms with Gasteiger partial charge >= 0.3 is 12.3 Å². The number of aromatic amines is 1. The molecule has 196 valence electrons. The van der Waals surface area contributed by atoms with Gasteiger partial charge in [0.25, 0.3) is 0 Å². The first-order valence-electron chi connectivity index (χ1n) is 11.2. The zero-order valence-electron chi connectivity index (χ0n) is 20.2. The average molecular weight is 536 g/mol. The number of aromatic nitrogens is 3. The Balaban J connectivity index is 1.91. The van der Waals surface area contributed by atoms with E-state index in [1.165, 1.54) is 35.0 Å². The number of halogens is 3. The van der Waals surface area contributed by atoms with Crippen molar-refractivity contribution in [2.45, 2.75) is 26.5 Å². The maximum atomic E-state index is 14.4. The molecule has 0 radical (unpaired) electrons. The summed E-state index contributed by atoms with van der Waals surface area (Å²) < 4.78 is 76.0. The number of rotatable bonds is 9. The number of aryl methyl sites for hydroxylation is 1. The second-order valence-corrected chi connectivity index (χ2v) is 10.6. The van der Waals surface area contributed by atoms with E-state index >= 15 is 0 Å². The Bertz CT molecular complexity index is 1620. The average Bonchev–Trinajstić information content (AvgIpc) is 3.15. The number of benzene rings is 2. The van der Waals surface area contributed by atoms with Crippen LogP contribution in [0.2, 0.25) is 0 Å². The smallest absolute Gasteiger partial charge is 0.387 e. The van der Waals surface area contributed by atoms with Crippen molar-refractivity contribution >= 4 is 21.0 Å². The zero-order valence-corrected chi connectivity index (χ0v) is 21.0. The molecule has 2 aromatic heterocycles. The molecule has 0 unspecified atom stereocenters. The van der Waals surface area contributed by atoms with E-state index in [-0.39, 0.29) is 23.8 Å². The van der Waals surface area contributed by atoms with Gasteiger partial charge in [0.2, 0.25) is 0 Å². The molecule has 8 nitrogen and oxygen atoms in total. The number of hydrogen-bond donors (Lipinski definition) is 1. The third-order valence-electron chi connectivity index (χ3n) is 5.80. The molecule has 2 aromatic carbocycles. The summed E-state index contributed by atoms with van der Waals surface area (Å²) in [6, 6.07) is 9.04. The van der Waals surface area contributed by atoms with Crippen molar-refractivity contribution in [2.24, 2.45) is 0 Å². The molecule has 0 fully saturated rings. The number of fused-ring (bicyclic) bond motifs is 1. The van der Waals surface area contributed by atoms with Crippen LogP contribution in [0.3, 0.4) is 0 Å². The van der Waals surface area contributed by atoms with Gasteiger partial charge in [-0.25, -0.2) is 22.6 Å². The lowest BCUT2D eigenvalue weighted by Gasteiger charge is -2.20. The Kier molecular flexibility index (Phi) is 7.30. The first-order valence-corrected chi connectivity index (χ1v) is 13.3. The third kappa shape index (κ3) is 5.48. The summed E-state index contributed by atoms with van der Waals surface area (Å²) >= 11 is 0. The quantitative estimate of drug-likeness (QED) is 0.339. The minimum atomic E-state index is -3.65. The summed E-state index contributed by atoms with van der Waals surface area (Å²) in [4.78, 5) is 20.3. The van der Waals surface area contributed by atoms with Gasteiger partial charge in [0.15, 0.2) is 17.1 Å². The summed E-state index contributed by atoms with van der Waals surface area (Å²) in [5.74, 6) is -1.21. The van der Waals surface area contributed by atoms with Crippen molar-refractivity contribution in [1.29, 1.82) is 0 Å². The largest absolute Gasteiger partial charge is 0.490 e. The van der Waals surface area contributed by atoms with Gasteiger partial charge in [0, 0.05) is 23.6 Å². The van der Waals surface area contributed by atoms with E-state index in [2.05, 4.69) is 14.7 Å². The Hall–Kier alpha value is -3.80. The molecule has 2 heterocycles. The fourth-order valence-electron chi connectivity index (χ4n) is 4.23. The lowest BCUT2D eigenvalue weighted by atomic mass is 10.0. The number of alkyl halides is 2. The van der Waals surface area contributed by atoms with E-state index in [1.807, 2.05) is 0 Å². The Morgan fingerprint density at radius 2 is 1.84 bits per heavy atom. The Labute approximate surface area is 210 Å². The first-order chi connectivity index (χ1) is 17.5. The number of sulfone groups is 1. The molecule has 1 atom stereocenters. The highest BCUT2D eigenvalue weighted by molar-refractivity contribution is 7.90. The SMILES string of the molecule is CCOc1cc([C@@H](CS(C)(=O)=O)n2c(=O)[nH]c3c(C)c(-c4ccccc4F)cnc32)ccc1OC(F)F. The molecule has 4 rings (SSSR count). The topological polar surface area (TPSA) is 103 Å². The van der Waals surface area contributed by atoms with E-state index in [4.69, 9.17) is 4.74 Å². The normalized spacial score (nSPS) is 12.7. The van der Waals surface area contributed by atoms with Crippen LogP contribution in [0.15, 0.2) is 53.5 Å². The van der Waals surface area contributed by atoms with E-state index < -0.39 is 39.8 Å². The van der Waals surface area contributed by atoms with Crippen LogP contribution in [-0.2, 0) is 9.84 Å². The highest BCUT2D eigenvalue weighted by Crippen LogP contribution is 2.35. The molecule has 0 amide bonds. The van der Waals surface area contributed by atoms with Crippen molar-refractivity contribution < 1.29 is 31.1 Å².